The third-order valence-electron chi connectivity index (χ3n) is 2.23. The zero-order valence-electron chi connectivity index (χ0n) is 8.81. The number of fused-ring (bicyclic) bond motifs is 1. The number of methoxy groups -OCH3 is 2. The lowest BCUT2D eigenvalue weighted by Crippen LogP contribution is -1.89. The van der Waals surface area contributed by atoms with E-state index in [1.807, 2.05) is 0 Å². The molecule has 0 aliphatic rings. The van der Waals surface area contributed by atoms with Crippen LogP contribution in [0.15, 0.2) is 18.2 Å². The molecule has 0 spiro atoms. The zero-order chi connectivity index (χ0) is 11.7. The molecule has 0 bridgehead atoms. The standard InChI is InChI=1S/C11H10O4S/c1-14-7-3-6-4-10(11(12)13)16-9(6)5-8(7)15-2/h3-5H,1-2H3,(H,12,13). The number of hydrogen-bond acceptors (Lipinski definition) is 4. The van der Waals surface area contributed by atoms with Crippen LogP contribution in [0.1, 0.15) is 9.67 Å². The normalized spacial score (nSPS) is 10.4. The number of ether oxygens (including phenoxy) is 2. The number of aromatic carboxylic acids is 1. The first kappa shape index (κ1) is 10.8. The van der Waals surface area contributed by atoms with Crippen molar-refractivity contribution < 1.29 is 19.4 Å². The molecular formula is C11H10O4S. The van der Waals surface area contributed by atoms with Gasteiger partial charge in [0.05, 0.1) is 14.2 Å². The Morgan fingerprint density at radius 3 is 2.38 bits per heavy atom. The van der Waals surface area contributed by atoms with Crippen molar-refractivity contribution in [1.82, 2.24) is 0 Å². The minimum Gasteiger partial charge on any atom is -0.493 e. The summed E-state index contributed by atoms with van der Waals surface area (Å²) in [5.74, 6) is 0.290. The van der Waals surface area contributed by atoms with E-state index < -0.39 is 5.97 Å². The molecule has 0 atom stereocenters. The molecular weight excluding hydrogens is 228 g/mol. The summed E-state index contributed by atoms with van der Waals surface area (Å²) in [6.07, 6.45) is 0. The summed E-state index contributed by atoms with van der Waals surface area (Å²) >= 11 is 1.22. The Balaban J connectivity index is 2.64. The fourth-order valence-electron chi connectivity index (χ4n) is 1.47. The maximum Gasteiger partial charge on any atom is 0.345 e. The molecule has 1 N–H and O–H groups in total. The molecule has 16 heavy (non-hydrogen) atoms. The topological polar surface area (TPSA) is 55.8 Å². The molecule has 84 valence electrons. The van der Waals surface area contributed by atoms with Gasteiger partial charge in [0.2, 0.25) is 0 Å². The molecule has 2 rings (SSSR count). The second-order valence-corrected chi connectivity index (χ2v) is 4.24. The quantitative estimate of drug-likeness (QED) is 0.893. The lowest BCUT2D eigenvalue weighted by atomic mass is 10.2. The average Bonchev–Trinajstić information content (AvgIpc) is 2.69. The van der Waals surface area contributed by atoms with Crippen LogP contribution in [0.25, 0.3) is 10.1 Å². The molecule has 0 aliphatic heterocycles. The first-order chi connectivity index (χ1) is 7.65. The highest BCUT2D eigenvalue weighted by Crippen LogP contribution is 2.36. The van der Waals surface area contributed by atoms with E-state index in [0.29, 0.717) is 16.4 Å². The Morgan fingerprint density at radius 2 is 1.81 bits per heavy atom. The van der Waals surface area contributed by atoms with Crippen LogP contribution in [0, 0.1) is 0 Å². The molecule has 1 heterocycles. The molecule has 0 saturated carbocycles. The predicted molar refractivity (Wildman–Crippen MR) is 61.9 cm³/mol. The van der Waals surface area contributed by atoms with Crippen molar-refractivity contribution in [2.45, 2.75) is 0 Å². The van der Waals surface area contributed by atoms with Gasteiger partial charge in [-0.15, -0.1) is 11.3 Å². The van der Waals surface area contributed by atoms with Gasteiger partial charge in [0.15, 0.2) is 11.5 Å². The summed E-state index contributed by atoms with van der Waals surface area (Å²) in [6.45, 7) is 0. The van der Waals surface area contributed by atoms with Crippen LogP contribution in [0.5, 0.6) is 11.5 Å². The molecule has 0 fully saturated rings. The summed E-state index contributed by atoms with van der Waals surface area (Å²) in [6, 6.07) is 5.19. The number of carboxylic acid groups (broad SMARTS) is 1. The minimum absolute atomic E-state index is 0.310. The summed E-state index contributed by atoms with van der Waals surface area (Å²) in [4.78, 5) is 11.1. The van der Waals surface area contributed by atoms with Crippen molar-refractivity contribution >= 4 is 27.4 Å². The first-order valence-corrected chi connectivity index (χ1v) is 5.36. The fraction of sp³-hybridized carbons (Fsp3) is 0.182. The number of carbonyl (C=O) groups is 1. The van der Waals surface area contributed by atoms with E-state index in [-0.39, 0.29) is 0 Å². The molecule has 0 unspecified atom stereocenters. The van der Waals surface area contributed by atoms with E-state index in [9.17, 15) is 4.79 Å². The van der Waals surface area contributed by atoms with E-state index in [1.165, 1.54) is 11.3 Å². The van der Waals surface area contributed by atoms with Crippen LogP contribution in [0.3, 0.4) is 0 Å². The highest BCUT2D eigenvalue weighted by atomic mass is 32.1. The van der Waals surface area contributed by atoms with Crippen LogP contribution in [-0.2, 0) is 0 Å². The van der Waals surface area contributed by atoms with Gasteiger partial charge in [0.25, 0.3) is 0 Å². The number of hydrogen-bond donors (Lipinski definition) is 1. The second-order valence-electron chi connectivity index (χ2n) is 3.16. The summed E-state index contributed by atoms with van der Waals surface area (Å²) in [5.41, 5.74) is 0. The lowest BCUT2D eigenvalue weighted by molar-refractivity contribution is 0.0702. The summed E-state index contributed by atoms with van der Waals surface area (Å²) in [7, 11) is 3.10. The molecule has 1 aromatic carbocycles. The van der Waals surface area contributed by atoms with Crippen molar-refractivity contribution in [2.24, 2.45) is 0 Å². The third kappa shape index (κ3) is 1.69. The SMILES string of the molecule is COc1cc2cc(C(=O)O)sc2cc1OC. The minimum atomic E-state index is -0.917. The van der Waals surface area contributed by atoms with E-state index in [4.69, 9.17) is 14.6 Å². The number of benzene rings is 1. The average molecular weight is 238 g/mol. The molecule has 4 nitrogen and oxygen atoms in total. The highest BCUT2D eigenvalue weighted by molar-refractivity contribution is 7.20. The summed E-state index contributed by atoms with van der Waals surface area (Å²) < 4.78 is 11.2. The van der Waals surface area contributed by atoms with Crippen molar-refractivity contribution in [3.63, 3.8) is 0 Å². The number of rotatable bonds is 3. The third-order valence-corrected chi connectivity index (χ3v) is 3.32. The van der Waals surface area contributed by atoms with Gasteiger partial charge in [0, 0.05) is 10.8 Å². The maximum absolute atomic E-state index is 10.8. The van der Waals surface area contributed by atoms with Crippen LogP contribution in [0.4, 0.5) is 0 Å². The maximum atomic E-state index is 10.8. The monoisotopic (exact) mass is 238 g/mol. The van der Waals surface area contributed by atoms with E-state index in [1.54, 1.807) is 32.4 Å². The molecule has 5 heteroatoms. The van der Waals surface area contributed by atoms with Gasteiger partial charge in [-0.25, -0.2) is 4.79 Å². The molecule has 0 radical (unpaired) electrons. The smallest absolute Gasteiger partial charge is 0.345 e. The van der Waals surface area contributed by atoms with Gasteiger partial charge < -0.3 is 14.6 Å². The van der Waals surface area contributed by atoms with E-state index in [2.05, 4.69) is 0 Å². The van der Waals surface area contributed by atoms with Crippen LogP contribution in [-0.4, -0.2) is 25.3 Å². The Kier molecular flexibility index (Phi) is 2.70. The van der Waals surface area contributed by atoms with Gasteiger partial charge in [-0.2, -0.15) is 0 Å². The number of thiophene rings is 1. The Hall–Kier alpha value is -1.75. The lowest BCUT2D eigenvalue weighted by Gasteiger charge is -2.06. The largest absolute Gasteiger partial charge is 0.493 e. The highest BCUT2D eigenvalue weighted by Gasteiger charge is 2.12. The molecule has 0 aliphatic carbocycles. The van der Waals surface area contributed by atoms with Crippen LogP contribution < -0.4 is 9.47 Å². The van der Waals surface area contributed by atoms with Gasteiger partial charge >= 0.3 is 5.97 Å². The van der Waals surface area contributed by atoms with Crippen LogP contribution in [0.2, 0.25) is 0 Å². The Bertz CT molecular complexity index is 503. The predicted octanol–water partition coefficient (Wildman–Crippen LogP) is 2.62. The van der Waals surface area contributed by atoms with E-state index in [0.717, 1.165) is 10.1 Å². The van der Waals surface area contributed by atoms with Crippen molar-refractivity contribution in [3.8, 4) is 11.5 Å². The van der Waals surface area contributed by atoms with Crippen molar-refractivity contribution in [1.29, 1.82) is 0 Å². The molecule has 2 aromatic rings. The van der Waals surface area contributed by atoms with Gasteiger partial charge in [-0.3, -0.25) is 0 Å². The van der Waals surface area contributed by atoms with Gasteiger partial charge in [-0.1, -0.05) is 0 Å². The molecule has 0 amide bonds. The van der Waals surface area contributed by atoms with Gasteiger partial charge in [0.1, 0.15) is 4.88 Å². The van der Waals surface area contributed by atoms with E-state index >= 15 is 0 Å². The van der Waals surface area contributed by atoms with Gasteiger partial charge in [-0.05, 0) is 17.5 Å². The molecule has 1 aromatic heterocycles. The summed E-state index contributed by atoms with van der Waals surface area (Å²) in [5, 5.41) is 9.73. The zero-order valence-corrected chi connectivity index (χ0v) is 9.63. The molecule has 0 saturated heterocycles. The first-order valence-electron chi connectivity index (χ1n) is 4.54. The van der Waals surface area contributed by atoms with Crippen molar-refractivity contribution in [3.05, 3.63) is 23.1 Å². The Labute approximate surface area is 96.0 Å². The second kappa shape index (κ2) is 4.02. The van der Waals surface area contributed by atoms with Crippen molar-refractivity contribution in [2.75, 3.05) is 14.2 Å². The Morgan fingerprint density at radius 1 is 1.19 bits per heavy atom. The van der Waals surface area contributed by atoms with Crippen LogP contribution >= 0.6 is 11.3 Å². The number of carboxylic acids is 1. The fourth-order valence-corrected chi connectivity index (χ4v) is 2.38.